The van der Waals surface area contributed by atoms with Gasteiger partial charge in [0.05, 0.1) is 14.2 Å². The van der Waals surface area contributed by atoms with Gasteiger partial charge in [0.25, 0.3) is 0 Å². The molecule has 0 aliphatic heterocycles. The molecule has 18 heavy (non-hydrogen) atoms. The minimum Gasteiger partial charge on any atom is -0.496 e. The summed E-state index contributed by atoms with van der Waals surface area (Å²) in [7, 11) is 5.39. The van der Waals surface area contributed by atoms with E-state index in [4.69, 9.17) is 9.47 Å². The predicted molar refractivity (Wildman–Crippen MR) is 75.9 cm³/mol. The number of methoxy groups -OCH3 is 2. The van der Waals surface area contributed by atoms with Crippen molar-refractivity contribution in [2.75, 3.05) is 27.8 Å². The first-order valence-electron chi connectivity index (χ1n) is 6.40. The Bertz CT molecular complexity index is 404. The van der Waals surface area contributed by atoms with Gasteiger partial charge in [-0.1, -0.05) is 19.9 Å². The Balaban J connectivity index is 3.35. The Morgan fingerprint density at radius 3 is 2.33 bits per heavy atom. The summed E-state index contributed by atoms with van der Waals surface area (Å²) in [5.74, 6) is 1.81. The number of hydrogen-bond donors (Lipinski definition) is 1. The molecule has 0 heterocycles. The molecule has 102 valence electrons. The van der Waals surface area contributed by atoms with Crippen molar-refractivity contribution in [1.82, 2.24) is 5.32 Å². The highest BCUT2D eigenvalue weighted by molar-refractivity contribution is 5.52. The highest BCUT2D eigenvalue weighted by Gasteiger charge is 2.28. The second-order valence-electron chi connectivity index (χ2n) is 4.92. The number of likely N-dealkylation sites (N-methyl/N-ethyl adjacent to an activating group) is 1. The summed E-state index contributed by atoms with van der Waals surface area (Å²) in [6.07, 6.45) is 1.05. The third-order valence-corrected chi connectivity index (χ3v) is 3.78. The van der Waals surface area contributed by atoms with Crippen LogP contribution in [0.2, 0.25) is 0 Å². The van der Waals surface area contributed by atoms with E-state index in [9.17, 15) is 0 Å². The first-order chi connectivity index (χ1) is 8.53. The Morgan fingerprint density at radius 2 is 1.89 bits per heavy atom. The minimum absolute atomic E-state index is 0.0666. The van der Waals surface area contributed by atoms with E-state index in [1.165, 1.54) is 5.56 Å². The van der Waals surface area contributed by atoms with E-state index < -0.39 is 0 Å². The fourth-order valence-corrected chi connectivity index (χ4v) is 2.43. The van der Waals surface area contributed by atoms with Crippen LogP contribution < -0.4 is 14.8 Å². The molecule has 0 aliphatic rings. The number of nitrogens with one attached hydrogen (secondary N) is 1. The van der Waals surface area contributed by atoms with E-state index in [1.54, 1.807) is 14.2 Å². The van der Waals surface area contributed by atoms with Gasteiger partial charge in [0.15, 0.2) is 0 Å². The molecule has 1 rings (SSSR count). The van der Waals surface area contributed by atoms with E-state index in [0.29, 0.717) is 0 Å². The van der Waals surface area contributed by atoms with Gasteiger partial charge < -0.3 is 14.8 Å². The second-order valence-corrected chi connectivity index (χ2v) is 4.92. The van der Waals surface area contributed by atoms with Crippen molar-refractivity contribution in [1.29, 1.82) is 0 Å². The smallest absolute Gasteiger partial charge is 0.129 e. The van der Waals surface area contributed by atoms with Gasteiger partial charge in [0.2, 0.25) is 0 Å². The molecule has 0 aromatic heterocycles. The molecule has 1 atom stereocenters. The van der Waals surface area contributed by atoms with Crippen LogP contribution in [0.4, 0.5) is 0 Å². The Kier molecular flexibility index (Phi) is 5.03. The monoisotopic (exact) mass is 251 g/mol. The van der Waals surface area contributed by atoms with Crippen LogP contribution >= 0.6 is 0 Å². The summed E-state index contributed by atoms with van der Waals surface area (Å²) in [5, 5.41) is 3.27. The van der Waals surface area contributed by atoms with Gasteiger partial charge in [-0.05, 0) is 26.5 Å². The summed E-state index contributed by atoms with van der Waals surface area (Å²) in [6.45, 7) is 7.42. The fourth-order valence-electron chi connectivity index (χ4n) is 2.43. The van der Waals surface area contributed by atoms with Crippen molar-refractivity contribution < 1.29 is 9.47 Å². The van der Waals surface area contributed by atoms with Crippen molar-refractivity contribution in [3.05, 3.63) is 23.3 Å². The van der Waals surface area contributed by atoms with E-state index >= 15 is 0 Å². The molecular formula is C15H25NO2. The molecule has 1 aromatic rings. The molecule has 0 saturated carbocycles. The summed E-state index contributed by atoms with van der Waals surface area (Å²) in [5.41, 5.74) is 2.37. The normalized spacial score (nSPS) is 14.1. The third kappa shape index (κ3) is 2.61. The molecular weight excluding hydrogens is 226 g/mol. The number of rotatable bonds is 6. The van der Waals surface area contributed by atoms with Gasteiger partial charge in [-0.3, -0.25) is 0 Å². The molecule has 0 bridgehead atoms. The zero-order chi connectivity index (χ0) is 13.8. The molecule has 0 amide bonds. The lowest BCUT2D eigenvalue weighted by Gasteiger charge is -2.31. The third-order valence-electron chi connectivity index (χ3n) is 3.78. The van der Waals surface area contributed by atoms with Crippen LogP contribution in [0.15, 0.2) is 12.1 Å². The largest absolute Gasteiger partial charge is 0.496 e. The molecule has 0 fully saturated rings. The van der Waals surface area contributed by atoms with Crippen molar-refractivity contribution in [2.24, 2.45) is 0 Å². The van der Waals surface area contributed by atoms with Crippen molar-refractivity contribution in [2.45, 2.75) is 32.6 Å². The molecule has 1 unspecified atom stereocenters. The van der Waals surface area contributed by atoms with Gasteiger partial charge in [-0.2, -0.15) is 0 Å². The van der Waals surface area contributed by atoms with E-state index in [0.717, 1.165) is 30.0 Å². The maximum Gasteiger partial charge on any atom is 0.129 e. The number of ether oxygens (including phenoxy) is 2. The minimum atomic E-state index is 0.0666. The summed E-state index contributed by atoms with van der Waals surface area (Å²) < 4.78 is 11.0. The zero-order valence-corrected chi connectivity index (χ0v) is 12.4. The van der Waals surface area contributed by atoms with E-state index in [2.05, 4.69) is 25.2 Å². The van der Waals surface area contributed by atoms with Crippen molar-refractivity contribution in [3.8, 4) is 11.5 Å². The maximum absolute atomic E-state index is 5.61. The van der Waals surface area contributed by atoms with Crippen LogP contribution in [0.3, 0.4) is 0 Å². The maximum atomic E-state index is 5.61. The Labute approximate surface area is 110 Å². The highest BCUT2D eigenvalue weighted by atomic mass is 16.5. The standard InChI is InChI=1S/C15H25NO2/c1-7-15(3,10-16-4)12-8-9-13(17-5)11(2)14(12)18-6/h8-9,16H,7,10H2,1-6H3. The van der Waals surface area contributed by atoms with Gasteiger partial charge >= 0.3 is 0 Å². The molecule has 0 radical (unpaired) electrons. The van der Waals surface area contributed by atoms with Gasteiger partial charge in [-0.25, -0.2) is 0 Å². The van der Waals surface area contributed by atoms with Crippen LogP contribution in [0.5, 0.6) is 11.5 Å². The van der Waals surface area contributed by atoms with Gasteiger partial charge in [-0.15, -0.1) is 0 Å². The molecule has 1 aromatic carbocycles. The Morgan fingerprint density at radius 1 is 1.22 bits per heavy atom. The molecule has 0 aliphatic carbocycles. The van der Waals surface area contributed by atoms with Crippen LogP contribution in [0.1, 0.15) is 31.4 Å². The molecule has 3 nitrogen and oxygen atoms in total. The lowest BCUT2D eigenvalue weighted by atomic mass is 9.78. The van der Waals surface area contributed by atoms with Crippen molar-refractivity contribution in [3.63, 3.8) is 0 Å². The summed E-state index contributed by atoms with van der Waals surface area (Å²) in [4.78, 5) is 0. The fraction of sp³-hybridized carbons (Fsp3) is 0.600. The highest BCUT2D eigenvalue weighted by Crippen LogP contribution is 2.39. The average Bonchev–Trinajstić information content (AvgIpc) is 2.38. The average molecular weight is 251 g/mol. The van der Waals surface area contributed by atoms with E-state index in [-0.39, 0.29) is 5.41 Å². The van der Waals surface area contributed by atoms with Gasteiger partial charge in [0, 0.05) is 23.1 Å². The van der Waals surface area contributed by atoms with Crippen LogP contribution in [-0.4, -0.2) is 27.8 Å². The second kappa shape index (κ2) is 6.10. The van der Waals surface area contributed by atoms with Crippen LogP contribution in [0, 0.1) is 6.92 Å². The molecule has 1 N–H and O–H groups in total. The van der Waals surface area contributed by atoms with Crippen molar-refractivity contribution >= 4 is 0 Å². The van der Waals surface area contributed by atoms with Crippen LogP contribution in [0.25, 0.3) is 0 Å². The molecule has 3 heteroatoms. The topological polar surface area (TPSA) is 30.5 Å². The first kappa shape index (κ1) is 14.8. The molecule has 0 spiro atoms. The SMILES string of the molecule is CCC(C)(CNC)c1ccc(OC)c(C)c1OC. The number of hydrogen-bond acceptors (Lipinski definition) is 3. The lowest BCUT2D eigenvalue weighted by molar-refractivity contribution is 0.361. The van der Waals surface area contributed by atoms with E-state index in [1.807, 2.05) is 20.0 Å². The summed E-state index contributed by atoms with van der Waals surface area (Å²) in [6, 6.07) is 4.14. The van der Waals surface area contributed by atoms with Gasteiger partial charge in [0.1, 0.15) is 11.5 Å². The summed E-state index contributed by atoms with van der Waals surface area (Å²) >= 11 is 0. The quantitative estimate of drug-likeness (QED) is 0.843. The molecule has 0 saturated heterocycles. The lowest BCUT2D eigenvalue weighted by Crippen LogP contribution is -2.33. The van der Waals surface area contributed by atoms with Crippen LogP contribution in [-0.2, 0) is 5.41 Å². The zero-order valence-electron chi connectivity index (χ0n) is 12.4. The Hall–Kier alpha value is -1.22. The number of benzene rings is 1. The predicted octanol–water partition coefficient (Wildman–Crippen LogP) is 2.90. The first-order valence-corrected chi connectivity index (χ1v) is 6.40.